The Morgan fingerprint density at radius 1 is 1.00 bits per heavy atom. The molecule has 0 radical (unpaired) electrons. The van der Waals surface area contributed by atoms with Gasteiger partial charge in [-0.3, -0.25) is 9.69 Å². The van der Waals surface area contributed by atoms with Gasteiger partial charge in [-0.05, 0) is 50.7 Å². The highest BCUT2D eigenvalue weighted by atomic mass is 16.2. The summed E-state index contributed by atoms with van der Waals surface area (Å²) in [5.74, 6) is 1.58. The Balaban J connectivity index is 4.26. The first kappa shape index (κ1) is 19.4. The maximum atomic E-state index is 12.2. The van der Waals surface area contributed by atoms with Crippen molar-refractivity contribution in [1.82, 2.24) is 9.80 Å². The zero-order valence-electron chi connectivity index (χ0n) is 14.2. The summed E-state index contributed by atoms with van der Waals surface area (Å²) in [5.41, 5.74) is 5.49. The quantitative estimate of drug-likeness (QED) is 0.633. The molecule has 0 bridgehead atoms. The van der Waals surface area contributed by atoms with Crippen molar-refractivity contribution in [3.8, 4) is 0 Å². The molecular formula is C16H35N3O. The Bertz CT molecular complexity index is 242. The molecule has 2 N–H and O–H groups in total. The molecule has 0 atom stereocenters. The summed E-state index contributed by atoms with van der Waals surface area (Å²) in [6.45, 7) is 12.9. The molecule has 0 aliphatic carbocycles. The topological polar surface area (TPSA) is 49.6 Å². The molecule has 0 heterocycles. The largest absolute Gasteiger partial charge is 0.345 e. The summed E-state index contributed by atoms with van der Waals surface area (Å²) < 4.78 is 0. The standard InChI is InChI=1S/C16H35N3O/c1-14(2)7-11-19(12-8-15(3)4)13-16(20)18(5)10-6-9-17/h14-15H,6-13,17H2,1-5H3. The second-order valence-electron chi connectivity index (χ2n) is 6.60. The summed E-state index contributed by atoms with van der Waals surface area (Å²) >= 11 is 0. The van der Waals surface area contributed by atoms with E-state index in [2.05, 4.69) is 32.6 Å². The van der Waals surface area contributed by atoms with Crippen LogP contribution in [0.2, 0.25) is 0 Å². The lowest BCUT2D eigenvalue weighted by atomic mass is 10.1. The van der Waals surface area contributed by atoms with Gasteiger partial charge in [-0.15, -0.1) is 0 Å². The molecule has 0 saturated carbocycles. The average Bonchev–Trinajstić information content (AvgIpc) is 2.38. The minimum absolute atomic E-state index is 0.214. The number of likely N-dealkylation sites (N-methyl/N-ethyl adjacent to an activating group) is 1. The number of nitrogens with two attached hydrogens (primary N) is 1. The molecule has 0 aromatic carbocycles. The Labute approximate surface area is 125 Å². The van der Waals surface area contributed by atoms with Crippen molar-refractivity contribution < 1.29 is 4.79 Å². The predicted octanol–water partition coefficient (Wildman–Crippen LogP) is 2.19. The first-order valence-electron chi connectivity index (χ1n) is 8.03. The fourth-order valence-corrected chi connectivity index (χ4v) is 1.92. The molecule has 0 fully saturated rings. The second-order valence-corrected chi connectivity index (χ2v) is 6.60. The number of rotatable bonds is 11. The molecule has 0 aliphatic rings. The molecule has 0 unspecified atom stereocenters. The molecule has 1 amide bonds. The van der Waals surface area contributed by atoms with Crippen LogP contribution in [0.25, 0.3) is 0 Å². The van der Waals surface area contributed by atoms with Gasteiger partial charge in [-0.2, -0.15) is 0 Å². The molecule has 0 aromatic rings. The van der Waals surface area contributed by atoms with E-state index < -0.39 is 0 Å². The average molecular weight is 285 g/mol. The van der Waals surface area contributed by atoms with Gasteiger partial charge in [-0.1, -0.05) is 27.7 Å². The predicted molar refractivity (Wildman–Crippen MR) is 86.7 cm³/mol. The third kappa shape index (κ3) is 10.2. The van der Waals surface area contributed by atoms with Crippen LogP contribution in [0.5, 0.6) is 0 Å². The number of hydrogen-bond acceptors (Lipinski definition) is 3. The van der Waals surface area contributed by atoms with Gasteiger partial charge in [0.1, 0.15) is 0 Å². The molecule has 4 nitrogen and oxygen atoms in total. The minimum Gasteiger partial charge on any atom is -0.345 e. The lowest BCUT2D eigenvalue weighted by molar-refractivity contribution is -0.131. The van der Waals surface area contributed by atoms with Crippen molar-refractivity contribution in [2.24, 2.45) is 17.6 Å². The molecule has 0 rings (SSSR count). The maximum Gasteiger partial charge on any atom is 0.236 e. The highest BCUT2D eigenvalue weighted by molar-refractivity contribution is 5.77. The van der Waals surface area contributed by atoms with Crippen LogP contribution in [0.3, 0.4) is 0 Å². The number of carbonyl (C=O) groups excluding carboxylic acids is 1. The highest BCUT2D eigenvalue weighted by Crippen LogP contribution is 2.07. The zero-order chi connectivity index (χ0) is 15.5. The summed E-state index contributed by atoms with van der Waals surface area (Å²) in [7, 11) is 1.88. The van der Waals surface area contributed by atoms with Crippen molar-refractivity contribution in [3.05, 3.63) is 0 Å². The molecule has 4 heteroatoms. The van der Waals surface area contributed by atoms with Crippen molar-refractivity contribution >= 4 is 5.91 Å². The lowest BCUT2D eigenvalue weighted by Gasteiger charge is -2.26. The first-order chi connectivity index (χ1) is 9.36. The monoisotopic (exact) mass is 285 g/mol. The van der Waals surface area contributed by atoms with Crippen molar-refractivity contribution in [2.75, 3.05) is 39.8 Å². The van der Waals surface area contributed by atoms with E-state index in [1.54, 1.807) is 0 Å². The number of carbonyl (C=O) groups is 1. The number of hydrogen-bond donors (Lipinski definition) is 1. The van der Waals surface area contributed by atoms with Gasteiger partial charge in [-0.25, -0.2) is 0 Å². The number of nitrogens with zero attached hydrogens (tertiary/aromatic N) is 2. The third-order valence-corrected chi connectivity index (χ3v) is 3.53. The highest BCUT2D eigenvalue weighted by Gasteiger charge is 2.14. The fourth-order valence-electron chi connectivity index (χ4n) is 1.92. The van der Waals surface area contributed by atoms with E-state index in [1.807, 2.05) is 11.9 Å². The van der Waals surface area contributed by atoms with E-state index in [4.69, 9.17) is 5.73 Å². The van der Waals surface area contributed by atoms with Crippen molar-refractivity contribution in [2.45, 2.75) is 47.0 Å². The fraction of sp³-hybridized carbons (Fsp3) is 0.938. The van der Waals surface area contributed by atoms with Crippen LogP contribution in [0.4, 0.5) is 0 Å². The molecule has 120 valence electrons. The molecule has 0 aliphatic heterocycles. The first-order valence-corrected chi connectivity index (χ1v) is 8.03. The molecule has 0 spiro atoms. The Hall–Kier alpha value is -0.610. The zero-order valence-corrected chi connectivity index (χ0v) is 14.2. The van der Waals surface area contributed by atoms with E-state index >= 15 is 0 Å². The maximum absolute atomic E-state index is 12.2. The van der Waals surface area contributed by atoms with Gasteiger partial charge < -0.3 is 10.6 Å². The third-order valence-electron chi connectivity index (χ3n) is 3.53. The van der Waals surface area contributed by atoms with E-state index in [9.17, 15) is 4.79 Å². The van der Waals surface area contributed by atoms with Gasteiger partial charge in [0.2, 0.25) is 5.91 Å². The van der Waals surface area contributed by atoms with E-state index in [0.29, 0.717) is 24.9 Å². The van der Waals surface area contributed by atoms with Crippen LogP contribution < -0.4 is 5.73 Å². The normalized spacial score (nSPS) is 11.7. The molecular weight excluding hydrogens is 250 g/mol. The van der Waals surface area contributed by atoms with E-state index in [-0.39, 0.29) is 5.91 Å². The van der Waals surface area contributed by atoms with Crippen LogP contribution in [-0.4, -0.2) is 55.5 Å². The van der Waals surface area contributed by atoms with Gasteiger partial charge in [0, 0.05) is 13.6 Å². The van der Waals surface area contributed by atoms with Gasteiger partial charge in [0.25, 0.3) is 0 Å². The lowest BCUT2D eigenvalue weighted by Crippen LogP contribution is -2.40. The Kier molecular flexibility index (Phi) is 10.8. The van der Waals surface area contributed by atoms with Crippen LogP contribution in [0.15, 0.2) is 0 Å². The summed E-state index contributed by atoms with van der Waals surface area (Å²) in [6, 6.07) is 0. The minimum atomic E-state index is 0.214. The summed E-state index contributed by atoms with van der Waals surface area (Å²) in [4.78, 5) is 16.3. The van der Waals surface area contributed by atoms with Gasteiger partial charge in [0.05, 0.1) is 6.54 Å². The van der Waals surface area contributed by atoms with Crippen LogP contribution in [0, 0.1) is 11.8 Å². The summed E-state index contributed by atoms with van der Waals surface area (Å²) in [5, 5.41) is 0. The smallest absolute Gasteiger partial charge is 0.236 e. The molecule has 0 aromatic heterocycles. The molecule has 0 saturated heterocycles. The Morgan fingerprint density at radius 3 is 1.90 bits per heavy atom. The second kappa shape index (κ2) is 11.1. The van der Waals surface area contributed by atoms with Crippen molar-refractivity contribution in [3.63, 3.8) is 0 Å². The Morgan fingerprint density at radius 2 is 1.50 bits per heavy atom. The van der Waals surface area contributed by atoms with Crippen LogP contribution in [-0.2, 0) is 4.79 Å². The van der Waals surface area contributed by atoms with Crippen molar-refractivity contribution in [1.29, 1.82) is 0 Å². The van der Waals surface area contributed by atoms with Gasteiger partial charge in [0.15, 0.2) is 0 Å². The van der Waals surface area contributed by atoms with E-state index in [0.717, 1.165) is 38.9 Å². The van der Waals surface area contributed by atoms with Gasteiger partial charge >= 0.3 is 0 Å². The summed E-state index contributed by atoms with van der Waals surface area (Å²) in [6.07, 6.45) is 3.18. The van der Waals surface area contributed by atoms with Crippen LogP contribution >= 0.6 is 0 Å². The van der Waals surface area contributed by atoms with E-state index in [1.165, 1.54) is 0 Å². The molecule has 20 heavy (non-hydrogen) atoms. The number of amides is 1. The SMILES string of the molecule is CC(C)CCN(CCC(C)C)CC(=O)N(C)CCCN. The van der Waals surface area contributed by atoms with Crippen LogP contribution in [0.1, 0.15) is 47.0 Å².